The molecule has 0 atom stereocenters. The van der Waals surface area contributed by atoms with E-state index in [0.717, 1.165) is 11.5 Å². The van der Waals surface area contributed by atoms with Crippen LogP contribution >= 0.6 is 11.5 Å². The van der Waals surface area contributed by atoms with Crippen molar-refractivity contribution in [2.75, 3.05) is 0 Å². The maximum absolute atomic E-state index is 11.8. The third kappa shape index (κ3) is 1.44. The fraction of sp³-hybridized carbons (Fsp3) is 0.250. The van der Waals surface area contributed by atoms with Gasteiger partial charge in [-0.1, -0.05) is 4.49 Å². The van der Waals surface area contributed by atoms with Gasteiger partial charge in [-0.25, -0.2) is 0 Å². The van der Waals surface area contributed by atoms with Crippen LogP contribution in [0.2, 0.25) is 0 Å². The Kier molecular flexibility index (Phi) is 2.36. The number of carbonyl (C=O) groups is 1. The van der Waals surface area contributed by atoms with Crippen LogP contribution in [-0.4, -0.2) is 25.2 Å². The quantitative estimate of drug-likeness (QED) is 0.705. The van der Waals surface area contributed by atoms with E-state index in [0.29, 0.717) is 17.1 Å². The van der Waals surface area contributed by atoms with E-state index in [1.165, 1.54) is 6.20 Å². The molecule has 72 valence electrons. The van der Waals surface area contributed by atoms with Gasteiger partial charge < -0.3 is 0 Å². The molecule has 0 fully saturated rings. The van der Waals surface area contributed by atoms with E-state index in [1.807, 2.05) is 6.92 Å². The van der Waals surface area contributed by atoms with Crippen molar-refractivity contribution in [3.05, 3.63) is 29.0 Å². The topological polar surface area (TPSA) is 60.7 Å². The number of nitrogens with zero attached hydrogens (tertiary/aromatic N) is 4. The predicted molar refractivity (Wildman–Crippen MR) is 51.2 cm³/mol. The first-order valence-corrected chi connectivity index (χ1v) is 4.94. The third-order valence-corrected chi connectivity index (χ3v) is 2.50. The second-order valence-corrected chi connectivity index (χ2v) is 3.43. The summed E-state index contributed by atoms with van der Waals surface area (Å²) in [5.74, 6) is -0.0700. The largest absolute Gasteiger partial charge is 0.286 e. The highest BCUT2D eigenvalue weighted by Gasteiger charge is 2.15. The van der Waals surface area contributed by atoms with Gasteiger partial charge in [-0.15, -0.1) is 5.10 Å². The van der Waals surface area contributed by atoms with Crippen LogP contribution in [0, 0.1) is 0 Å². The Morgan fingerprint density at radius 3 is 3.14 bits per heavy atom. The minimum absolute atomic E-state index is 0.0700. The monoisotopic (exact) mass is 208 g/mol. The first-order chi connectivity index (χ1) is 6.83. The molecule has 2 rings (SSSR count). The smallest absolute Gasteiger partial charge is 0.224 e. The van der Waals surface area contributed by atoms with E-state index < -0.39 is 0 Å². The zero-order valence-corrected chi connectivity index (χ0v) is 8.36. The summed E-state index contributed by atoms with van der Waals surface area (Å²) in [7, 11) is 0. The van der Waals surface area contributed by atoms with Crippen LogP contribution in [0.15, 0.2) is 18.5 Å². The van der Waals surface area contributed by atoms with Gasteiger partial charge in [-0.05, 0) is 24.5 Å². The van der Waals surface area contributed by atoms with E-state index >= 15 is 0 Å². The molecule has 2 aromatic heterocycles. The average Bonchev–Trinajstić information content (AvgIpc) is 2.87. The molecular formula is C8H8N4OS. The van der Waals surface area contributed by atoms with Crippen molar-refractivity contribution in [2.24, 2.45) is 0 Å². The second-order valence-electron chi connectivity index (χ2n) is 2.64. The molecule has 6 heteroatoms. The standard InChI is InChI=1S/C8H8N4OS/c1-2-12-6(3-4-10-12)8(13)7-5-9-11-14-7/h3-5H,2H2,1H3. The van der Waals surface area contributed by atoms with Crippen molar-refractivity contribution in [3.8, 4) is 0 Å². The van der Waals surface area contributed by atoms with Gasteiger partial charge in [-0.3, -0.25) is 9.48 Å². The van der Waals surface area contributed by atoms with Crippen LogP contribution < -0.4 is 0 Å². The number of hydrogen-bond acceptors (Lipinski definition) is 5. The number of ketones is 1. The van der Waals surface area contributed by atoms with Crippen LogP contribution in [0.5, 0.6) is 0 Å². The summed E-state index contributed by atoms with van der Waals surface area (Å²) in [6.07, 6.45) is 3.09. The normalized spacial score (nSPS) is 10.4. The zero-order chi connectivity index (χ0) is 9.97. The van der Waals surface area contributed by atoms with E-state index in [2.05, 4.69) is 14.7 Å². The molecule has 0 N–H and O–H groups in total. The minimum atomic E-state index is -0.0700. The number of hydrogen-bond donors (Lipinski definition) is 0. The molecule has 5 nitrogen and oxygen atoms in total. The summed E-state index contributed by atoms with van der Waals surface area (Å²) in [5, 5.41) is 7.65. The molecule has 0 saturated carbocycles. The first-order valence-electron chi connectivity index (χ1n) is 4.16. The summed E-state index contributed by atoms with van der Waals surface area (Å²) in [5.41, 5.74) is 0.582. The minimum Gasteiger partial charge on any atom is -0.286 e. The highest BCUT2D eigenvalue weighted by Crippen LogP contribution is 2.10. The molecule has 0 unspecified atom stereocenters. The molecule has 0 radical (unpaired) electrons. The lowest BCUT2D eigenvalue weighted by Gasteiger charge is -2.00. The summed E-state index contributed by atoms with van der Waals surface area (Å²) in [4.78, 5) is 12.4. The van der Waals surface area contributed by atoms with Crippen LogP contribution in [0.4, 0.5) is 0 Å². The van der Waals surface area contributed by atoms with E-state index in [1.54, 1.807) is 16.9 Å². The Labute approximate surface area is 84.5 Å². The van der Waals surface area contributed by atoms with Crippen molar-refractivity contribution in [1.82, 2.24) is 19.4 Å². The SMILES string of the molecule is CCn1nccc1C(=O)c1cnns1. The van der Waals surface area contributed by atoms with Gasteiger partial charge in [0.15, 0.2) is 0 Å². The molecule has 2 heterocycles. The molecule has 0 aliphatic heterocycles. The zero-order valence-electron chi connectivity index (χ0n) is 7.54. The predicted octanol–water partition coefficient (Wildman–Crippen LogP) is 0.985. The first kappa shape index (κ1) is 9.01. The van der Waals surface area contributed by atoms with Crippen LogP contribution in [0.3, 0.4) is 0 Å². The van der Waals surface area contributed by atoms with E-state index in [9.17, 15) is 4.79 Å². The Balaban J connectivity index is 2.36. The highest BCUT2D eigenvalue weighted by atomic mass is 32.1. The summed E-state index contributed by atoms with van der Waals surface area (Å²) in [6.45, 7) is 2.62. The second kappa shape index (κ2) is 3.67. The van der Waals surface area contributed by atoms with Gasteiger partial charge in [0, 0.05) is 12.7 Å². The molecular weight excluding hydrogens is 200 g/mol. The average molecular weight is 208 g/mol. The van der Waals surface area contributed by atoms with Crippen molar-refractivity contribution in [2.45, 2.75) is 13.5 Å². The van der Waals surface area contributed by atoms with Crippen LogP contribution in [0.25, 0.3) is 0 Å². The lowest BCUT2D eigenvalue weighted by atomic mass is 10.2. The van der Waals surface area contributed by atoms with E-state index in [-0.39, 0.29) is 5.78 Å². The van der Waals surface area contributed by atoms with Crippen molar-refractivity contribution in [1.29, 1.82) is 0 Å². The maximum atomic E-state index is 11.8. The summed E-state index contributed by atoms with van der Waals surface area (Å²) in [6, 6.07) is 1.70. The number of aryl methyl sites for hydroxylation is 1. The van der Waals surface area contributed by atoms with Gasteiger partial charge in [0.1, 0.15) is 10.6 Å². The molecule has 0 bridgehead atoms. The number of aromatic nitrogens is 4. The fourth-order valence-electron chi connectivity index (χ4n) is 1.17. The molecule has 2 aromatic rings. The summed E-state index contributed by atoms with van der Waals surface area (Å²) < 4.78 is 5.30. The molecule has 0 spiro atoms. The van der Waals surface area contributed by atoms with E-state index in [4.69, 9.17) is 0 Å². The number of rotatable bonds is 3. The Morgan fingerprint density at radius 2 is 2.50 bits per heavy atom. The molecule has 0 aliphatic carbocycles. The maximum Gasteiger partial charge on any atom is 0.224 e. The highest BCUT2D eigenvalue weighted by molar-refractivity contribution is 7.08. The van der Waals surface area contributed by atoms with Crippen molar-refractivity contribution < 1.29 is 4.79 Å². The molecule has 0 saturated heterocycles. The molecule has 0 aromatic carbocycles. The Morgan fingerprint density at radius 1 is 1.64 bits per heavy atom. The van der Waals surface area contributed by atoms with Gasteiger partial charge in [0.25, 0.3) is 0 Å². The van der Waals surface area contributed by atoms with Crippen molar-refractivity contribution >= 4 is 17.3 Å². The van der Waals surface area contributed by atoms with Gasteiger partial charge in [0.2, 0.25) is 5.78 Å². The number of carbonyl (C=O) groups excluding carboxylic acids is 1. The Hall–Kier alpha value is -1.56. The molecule has 0 amide bonds. The summed E-state index contributed by atoms with van der Waals surface area (Å²) >= 11 is 1.10. The van der Waals surface area contributed by atoms with Gasteiger partial charge in [-0.2, -0.15) is 5.10 Å². The fourth-order valence-corrected chi connectivity index (χ4v) is 1.63. The lowest BCUT2D eigenvalue weighted by Crippen LogP contribution is -2.09. The van der Waals surface area contributed by atoms with Crippen molar-refractivity contribution in [3.63, 3.8) is 0 Å². The Bertz CT molecular complexity index is 434. The molecule has 14 heavy (non-hydrogen) atoms. The van der Waals surface area contributed by atoms with Crippen LogP contribution in [-0.2, 0) is 6.54 Å². The van der Waals surface area contributed by atoms with Gasteiger partial charge >= 0.3 is 0 Å². The van der Waals surface area contributed by atoms with Crippen LogP contribution in [0.1, 0.15) is 22.3 Å². The molecule has 0 aliphatic rings. The third-order valence-electron chi connectivity index (χ3n) is 1.83. The lowest BCUT2D eigenvalue weighted by molar-refractivity contribution is 0.103. The van der Waals surface area contributed by atoms with Gasteiger partial charge in [0.05, 0.1) is 6.20 Å².